The van der Waals surface area contributed by atoms with Crippen molar-refractivity contribution < 1.29 is 36.1 Å². The lowest BCUT2D eigenvalue weighted by Gasteiger charge is -2.38. The molecule has 1 saturated heterocycles. The van der Waals surface area contributed by atoms with Crippen LogP contribution in [0.25, 0.3) is 0 Å². The molecular formula is C22H22BF5N2O3. The topological polar surface area (TPSA) is 50.8 Å². The lowest BCUT2D eigenvalue weighted by molar-refractivity contribution is -0.137. The summed E-state index contributed by atoms with van der Waals surface area (Å²) in [6, 6.07) is 8.37. The Labute approximate surface area is 188 Å². The monoisotopic (exact) mass is 468 g/mol. The maximum Gasteiger partial charge on any atom is 0.595 e. The van der Waals surface area contributed by atoms with E-state index in [-0.39, 0.29) is 0 Å². The molecule has 2 aliphatic heterocycles. The first-order valence-electron chi connectivity index (χ1n) is 10.4. The van der Waals surface area contributed by atoms with Gasteiger partial charge in [0.2, 0.25) is 0 Å². The van der Waals surface area contributed by atoms with E-state index in [9.17, 15) is 22.4 Å². The number of nitrogens with zero attached hydrogens (tertiary/aromatic N) is 1. The van der Waals surface area contributed by atoms with Crippen LogP contribution in [0.2, 0.25) is 0 Å². The zero-order valence-corrected chi connectivity index (χ0v) is 18.2. The molecule has 2 aliphatic rings. The van der Waals surface area contributed by atoms with Gasteiger partial charge in [-0.2, -0.15) is 13.2 Å². The molecule has 2 aromatic carbocycles. The molecule has 0 saturated carbocycles. The van der Waals surface area contributed by atoms with Crippen LogP contribution >= 0.6 is 0 Å². The average Bonchev–Trinajstić information content (AvgIpc) is 3.25. The van der Waals surface area contributed by atoms with Crippen LogP contribution in [0.4, 0.5) is 32.4 Å². The van der Waals surface area contributed by atoms with Crippen LogP contribution in [-0.2, 0) is 21.9 Å². The van der Waals surface area contributed by atoms with Gasteiger partial charge in [0, 0.05) is 17.8 Å². The first-order chi connectivity index (χ1) is 15.3. The number of amides is 2. The van der Waals surface area contributed by atoms with Crippen molar-refractivity contribution in [2.24, 2.45) is 0 Å². The zero-order chi connectivity index (χ0) is 24.2. The minimum absolute atomic E-state index is 0.428. The van der Waals surface area contributed by atoms with E-state index in [0.717, 1.165) is 11.3 Å². The van der Waals surface area contributed by atoms with Gasteiger partial charge >= 0.3 is 19.5 Å². The summed E-state index contributed by atoms with van der Waals surface area (Å²) in [6.07, 6.45) is -6.42. The molecule has 4 rings (SSSR count). The predicted molar refractivity (Wildman–Crippen MR) is 112 cm³/mol. The lowest BCUT2D eigenvalue weighted by atomic mass is 9.80. The van der Waals surface area contributed by atoms with E-state index in [2.05, 4.69) is 5.23 Å². The third-order valence-corrected chi connectivity index (χ3v) is 6.40. The Balaban J connectivity index is 1.55. The third kappa shape index (κ3) is 4.08. The van der Waals surface area contributed by atoms with Gasteiger partial charge in [-0.15, -0.1) is 0 Å². The molecular weight excluding hydrogens is 446 g/mol. The van der Waals surface area contributed by atoms with Crippen molar-refractivity contribution >= 4 is 19.0 Å². The summed E-state index contributed by atoms with van der Waals surface area (Å²) in [5.41, 5.74) is -3.59. The Morgan fingerprint density at radius 1 is 1.15 bits per heavy atom. The van der Waals surface area contributed by atoms with Crippen LogP contribution < -0.4 is 10.1 Å². The fraction of sp³-hybridized carbons (Fsp3) is 0.409. The molecule has 0 spiro atoms. The molecule has 176 valence electrons. The molecule has 0 aliphatic carbocycles. The number of fused-ring (bicyclic) bond motifs is 1. The van der Waals surface area contributed by atoms with Gasteiger partial charge in [0.15, 0.2) is 6.17 Å². The number of anilines is 1. The van der Waals surface area contributed by atoms with Crippen molar-refractivity contribution in [2.75, 3.05) is 11.4 Å². The highest BCUT2D eigenvalue weighted by Gasteiger charge is 2.60. The van der Waals surface area contributed by atoms with Crippen LogP contribution in [0, 0.1) is 5.82 Å². The second-order valence-electron chi connectivity index (χ2n) is 8.76. The fourth-order valence-corrected chi connectivity index (χ4v) is 4.14. The number of hydrogen-bond acceptors (Lipinski definition) is 3. The third-order valence-electron chi connectivity index (χ3n) is 6.40. The van der Waals surface area contributed by atoms with Crippen molar-refractivity contribution in [3.8, 4) is 0 Å². The van der Waals surface area contributed by atoms with Gasteiger partial charge in [-0.05, 0) is 57.0 Å². The van der Waals surface area contributed by atoms with Crippen LogP contribution in [0.5, 0.6) is 0 Å². The summed E-state index contributed by atoms with van der Waals surface area (Å²) in [5, 5.41) is 2.53. The number of halogens is 5. The Morgan fingerprint density at radius 2 is 1.85 bits per heavy atom. The highest BCUT2D eigenvalue weighted by molar-refractivity contribution is 6.47. The van der Waals surface area contributed by atoms with E-state index in [4.69, 9.17) is 9.31 Å². The van der Waals surface area contributed by atoms with Crippen molar-refractivity contribution in [3.63, 3.8) is 0 Å². The summed E-state index contributed by atoms with van der Waals surface area (Å²) >= 11 is 0. The van der Waals surface area contributed by atoms with Gasteiger partial charge < -0.3 is 14.5 Å². The minimum Gasteiger partial charge on any atom is -0.384 e. The Morgan fingerprint density at radius 3 is 2.55 bits per heavy atom. The molecule has 0 aromatic heterocycles. The standard InChI is InChI=1S/C22H22BF5N2O3/c1-20(2)21(3,18(25)15-12-14(22(26,27)28)8-9-16(15)24)33-23(32-20)29-19(31)30-11-10-13-6-4-5-7-17(13)30/h4-9,12,18H,10-11H2,1-3H3,(H,29,31). The molecule has 2 amide bonds. The number of para-hydroxylation sites is 1. The van der Waals surface area contributed by atoms with E-state index < -0.39 is 53.8 Å². The Bertz CT molecular complexity index is 1080. The highest BCUT2D eigenvalue weighted by atomic mass is 19.4. The molecule has 5 nitrogen and oxygen atoms in total. The van der Waals surface area contributed by atoms with E-state index in [1.165, 1.54) is 25.7 Å². The molecule has 1 N–H and O–H groups in total. The van der Waals surface area contributed by atoms with Gasteiger partial charge in [0.05, 0.1) is 11.2 Å². The maximum absolute atomic E-state index is 15.6. The normalized spacial score (nSPS) is 22.9. The first-order valence-corrected chi connectivity index (χ1v) is 10.4. The molecule has 2 aromatic rings. The molecule has 2 unspecified atom stereocenters. The number of carbonyl (C=O) groups is 1. The second-order valence-corrected chi connectivity index (χ2v) is 8.76. The summed E-state index contributed by atoms with van der Waals surface area (Å²) in [6.45, 7) is 4.62. The number of nitrogens with one attached hydrogen (secondary N) is 1. The van der Waals surface area contributed by atoms with Crippen LogP contribution in [0.3, 0.4) is 0 Å². The van der Waals surface area contributed by atoms with Crippen LogP contribution in [0.1, 0.15) is 43.6 Å². The molecule has 1 fully saturated rings. The van der Waals surface area contributed by atoms with Crippen molar-refractivity contribution in [3.05, 3.63) is 65.0 Å². The summed E-state index contributed by atoms with van der Waals surface area (Å²) in [7, 11) is -1.39. The lowest BCUT2D eigenvalue weighted by Crippen LogP contribution is -2.49. The zero-order valence-electron chi connectivity index (χ0n) is 18.2. The van der Waals surface area contributed by atoms with Gasteiger partial charge in [-0.25, -0.2) is 13.6 Å². The highest BCUT2D eigenvalue weighted by Crippen LogP contribution is 2.48. The summed E-state index contributed by atoms with van der Waals surface area (Å²) in [5.74, 6) is -1.14. The van der Waals surface area contributed by atoms with Gasteiger partial charge in [-0.3, -0.25) is 4.90 Å². The molecule has 0 bridgehead atoms. The Hall–Kier alpha value is -2.66. The number of urea groups is 1. The predicted octanol–water partition coefficient (Wildman–Crippen LogP) is 5.20. The van der Waals surface area contributed by atoms with Crippen molar-refractivity contribution in [2.45, 2.75) is 50.7 Å². The summed E-state index contributed by atoms with van der Waals surface area (Å²) < 4.78 is 80.6. The van der Waals surface area contributed by atoms with E-state index in [0.29, 0.717) is 31.2 Å². The second kappa shape index (κ2) is 7.98. The quantitative estimate of drug-likeness (QED) is 0.498. The molecule has 0 radical (unpaired) electrons. The van der Waals surface area contributed by atoms with E-state index >= 15 is 4.39 Å². The number of rotatable bonds is 3. The van der Waals surface area contributed by atoms with Gasteiger partial charge in [-0.1, -0.05) is 18.2 Å². The van der Waals surface area contributed by atoms with Gasteiger partial charge in [0.1, 0.15) is 11.4 Å². The SMILES string of the molecule is CC1(C)OB(NC(=O)N2CCc3ccccc32)OC1(C)C(F)c1cc(C(F)(F)F)ccc1F. The minimum atomic E-state index is -4.77. The van der Waals surface area contributed by atoms with Crippen LogP contribution in [-0.4, -0.2) is 31.0 Å². The van der Waals surface area contributed by atoms with E-state index in [1.54, 1.807) is 12.1 Å². The largest absolute Gasteiger partial charge is 0.595 e. The Kier molecular flexibility index (Phi) is 5.69. The van der Waals surface area contributed by atoms with Crippen molar-refractivity contribution in [1.29, 1.82) is 0 Å². The smallest absolute Gasteiger partial charge is 0.384 e. The number of hydrogen-bond donors (Lipinski definition) is 1. The molecule has 11 heteroatoms. The molecule has 33 heavy (non-hydrogen) atoms. The first kappa shape index (κ1) is 23.5. The number of carbonyl (C=O) groups excluding carboxylic acids is 1. The molecule has 2 atom stereocenters. The van der Waals surface area contributed by atoms with Gasteiger partial charge in [0.25, 0.3) is 0 Å². The van der Waals surface area contributed by atoms with E-state index in [1.807, 2.05) is 12.1 Å². The maximum atomic E-state index is 15.6. The van der Waals surface area contributed by atoms with Crippen LogP contribution in [0.15, 0.2) is 42.5 Å². The average molecular weight is 468 g/mol. The number of alkyl halides is 4. The number of benzene rings is 2. The van der Waals surface area contributed by atoms with Crippen molar-refractivity contribution in [1.82, 2.24) is 5.23 Å². The fourth-order valence-electron chi connectivity index (χ4n) is 4.14. The molecule has 2 heterocycles. The summed E-state index contributed by atoms with van der Waals surface area (Å²) in [4.78, 5) is 14.3.